The minimum absolute atomic E-state index is 0.0990. The number of carbonyl (C=O) groups is 1. The molecule has 9 heteroatoms. The van der Waals surface area contributed by atoms with Crippen molar-refractivity contribution < 1.29 is 22.3 Å². The lowest BCUT2D eigenvalue weighted by atomic mass is 9.98. The van der Waals surface area contributed by atoms with Crippen LogP contribution in [0.3, 0.4) is 0 Å². The molecule has 1 fully saturated rings. The zero-order chi connectivity index (χ0) is 31.1. The first kappa shape index (κ1) is 31.1. The third-order valence-corrected chi connectivity index (χ3v) is 9.55. The van der Waals surface area contributed by atoms with Crippen LogP contribution in [0.15, 0.2) is 102 Å². The molecule has 0 spiro atoms. The Morgan fingerprint density at radius 2 is 1.52 bits per heavy atom. The Balaban J connectivity index is 1.55. The van der Waals surface area contributed by atoms with E-state index in [1.807, 2.05) is 68.4 Å². The van der Waals surface area contributed by atoms with Crippen molar-refractivity contribution in [3.05, 3.63) is 114 Å². The number of amides is 1. The summed E-state index contributed by atoms with van der Waals surface area (Å²) in [5.41, 5.74) is 4.81. The Labute approximate surface area is 258 Å². The van der Waals surface area contributed by atoms with E-state index in [9.17, 15) is 17.6 Å². The van der Waals surface area contributed by atoms with Gasteiger partial charge in [-0.2, -0.15) is 4.31 Å². The molecule has 0 radical (unpaired) electrons. The highest BCUT2D eigenvalue weighted by Gasteiger charge is 2.28. The molecule has 0 atom stereocenters. The summed E-state index contributed by atoms with van der Waals surface area (Å²) in [6, 6.07) is 28.4. The number of nitrogens with zero attached hydrogens (tertiary/aromatic N) is 2. The highest BCUT2D eigenvalue weighted by Crippen LogP contribution is 2.32. The lowest BCUT2D eigenvalue weighted by Crippen LogP contribution is -2.40. The number of hydrogen-bond donors (Lipinski definition) is 1. The van der Waals surface area contributed by atoms with Crippen LogP contribution in [0.5, 0.6) is 0 Å². The van der Waals surface area contributed by atoms with E-state index < -0.39 is 15.9 Å². The van der Waals surface area contributed by atoms with E-state index in [0.717, 1.165) is 11.1 Å². The SMILES string of the molecule is CCN(CC)c1ccc(S(=O)(=O)N2CCOCC2)cc1NC(=O)C(=Cc1ccc(F)cc1)c1ccc(-c2ccccc2)cc1. The molecule has 0 bridgehead atoms. The first-order valence-corrected chi connectivity index (χ1v) is 16.2. The predicted octanol–water partition coefficient (Wildman–Crippen LogP) is 6.54. The van der Waals surface area contributed by atoms with Gasteiger partial charge < -0.3 is 15.0 Å². The molecule has 1 N–H and O–H groups in total. The highest BCUT2D eigenvalue weighted by atomic mass is 32.2. The van der Waals surface area contributed by atoms with Gasteiger partial charge in [0, 0.05) is 31.8 Å². The van der Waals surface area contributed by atoms with Gasteiger partial charge in [0.05, 0.1) is 29.5 Å². The minimum atomic E-state index is -3.80. The fraction of sp³-hybridized carbons (Fsp3) is 0.229. The standard InChI is InChI=1S/C35H36FN3O4S/c1-3-38(4-2)34-19-18-31(44(41,42)39-20-22-43-23-21-39)25-33(34)37-35(40)32(24-26-10-16-30(36)17-11-26)29-14-12-28(13-15-29)27-8-6-5-7-9-27/h5-19,24-25H,3-4,20-23H2,1-2H3,(H,37,40). The molecular weight excluding hydrogens is 577 g/mol. The Hall–Kier alpha value is -4.31. The second-order valence-corrected chi connectivity index (χ2v) is 12.3. The van der Waals surface area contributed by atoms with Crippen LogP contribution in [0, 0.1) is 5.82 Å². The fourth-order valence-corrected chi connectivity index (χ4v) is 6.65. The number of sulfonamides is 1. The van der Waals surface area contributed by atoms with Crippen LogP contribution < -0.4 is 10.2 Å². The summed E-state index contributed by atoms with van der Waals surface area (Å²) in [6.07, 6.45) is 1.71. The first-order valence-electron chi connectivity index (χ1n) is 14.7. The second kappa shape index (κ2) is 14.0. The van der Waals surface area contributed by atoms with E-state index in [4.69, 9.17) is 4.74 Å². The molecule has 1 heterocycles. The van der Waals surface area contributed by atoms with E-state index in [2.05, 4.69) is 10.2 Å². The van der Waals surface area contributed by atoms with Gasteiger partial charge in [-0.05, 0) is 72.5 Å². The van der Waals surface area contributed by atoms with Crippen molar-refractivity contribution in [2.75, 3.05) is 49.6 Å². The van der Waals surface area contributed by atoms with Gasteiger partial charge >= 0.3 is 0 Å². The number of benzene rings is 4. The van der Waals surface area contributed by atoms with E-state index in [1.54, 1.807) is 30.3 Å². The quantitative estimate of drug-likeness (QED) is 0.162. The summed E-state index contributed by atoms with van der Waals surface area (Å²) >= 11 is 0. The van der Waals surface area contributed by atoms with Gasteiger partial charge in [0.1, 0.15) is 5.82 Å². The maximum Gasteiger partial charge on any atom is 0.256 e. The molecule has 0 saturated carbocycles. The zero-order valence-corrected chi connectivity index (χ0v) is 25.7. The van der Waals surface area contributed by atoms with Gasteiger partial charge in [0.15, 0.2) is 0 Å². The molecule has 4 aromatic carbocycles. The Morgan fingerprint density at radius 3 is 2.16 bits per heavy atom. The van der Waals surface area contributed by atoms with Crippen LogP contribution in [0.25, 0.3) is 22.8 Å². The third kappa shape index (κ3) is 7.07. The number of morpholine rings is 1. The van der Waals surface area contributed by atoms with Crippen molar-refractivity contribution in [1.82, 2.24) is 4.31 Å². The average molecular weight is 614 g/mol. The van der Waals surface area contributed by atoms with Gasteiger partial charge in [0.25, 0.3) is 5.91 Å². The molecule has 0 unspecified atom stereocenters. The highest BCUT2D eigenvalue weighted by molar-refractivity contribution is 7.89. The lowest BCUT2D eigenvalue weighted by Gasteiger charge is -2.28. The number of halogens is 1. The number of ether oxygens (including phenoxy) is 1. The van der Waals surface area contributed by atoms with E-state index >= 15 is 0 Å². The molecule has 0 aliphatic carbocycles. The van der Waals surface area contributed by atoms with Gasteiger partial charge in [0.2, 0.25) is 10.0 Å². The Kier molecular flexibility index (Phi) is 9.89. The summed E-state index contributed by atoms with van der Waals surface area (Å²) in [7, 11) is -3.80. The number of hydrogen-bond acceptors (Lipinski definition) is 5. The maximum absolute atomic E-state index is 14.1. The van der Waals surface area contributed by atoms with E-state index in [-0.39, 0.29) is 23.8 Å². The summed E-state index contributed by atoms with van der Waals surface area (Å²) in [5, 5.41) is 3.02. The molecule has 4 aromatic rings. The monoisotopic (exact) mass is 613 g/mol. The molecule has 228 valence electrons. The van der Waals surface area contributed by atoms with Crippen molar-refractivity contribution >= 4 is 39.0 Å². The minimum Gasteiger partial charge on any atom is -0.379 e. The van der Waals surface area contributed by atoms with Crippen molar-refractivity contribution in [1.29, 1.82) is 0 Å². The molecule has 1 aliphatic heterocycles. The van der Waals surface area contributed by atoms with Crippen molar-refractivity contribution in [2.24, 2.45) is 0 Å². The van der Waals surface area contributed by atoms with Gasteiger partial charge in [-0.3, -0.25) is 4.79 Å². The van der Waals surface area contributed by atoms with E-state index in [0.29, 0.717) is 54.4 Å². The average Bonchev–Trinajstić information content (AvgIpc) is 3.06. The lowest BCUT2D eigenvalue weighted by molar-refractivity contribution is -0.111. The van der Waals surface area contributed by atoms with Crippen molar-refractivity contribution in [2.45, 2.75) is 18.7 Å². The zero-order valence-electron chi connectivity index (χ0n) is 24.9. The topological polar surface area (TPSA) is 79.0 Å². The summed E-state index contributed by atoms with van der Waals surface area (Å²) in [5.74, 6) is -0.793. The Bertz CT molecular complexity index is 1710. The van der Waals surface area contributed by atoms with Crippen molar-refractivity contribution in [3.63, 3.8) is 0 Å². The molecule has 7 nitrogen and oxygen atoms in total. The maximum atomic E-state index is 14.1. The number of carbonyl (C=O) groups excluding carboxylic acids is 1. The van der Waals surface area contributed by atoms with Crippen molar-refractivity contribution in [3.8, 4) is 11.1 Å². The molecule has 1 amide bonds. The summed E-state index contributed by atoms with van der Waals surface area (Å²) in [6.45, 7) is 6.53. The summed E-state index contributed by atoms with van der Waals surface area (Å²) < 4.78 is 47.5. The smallest absolute Gasteiger partial charge is 0.256 e. The van der Waals surface area contributed by atoms with Crippen LogP contribution in [-0.2, 0) is 19.6 Å². The number of nitrogens with one attached hydrogen (secondary N) is 1. The van der Waals surface area contributed by atoms with E-state index in [1.165, 1.54) is 22.5 Å². The van der Waals surface area contributed by atoms with Gasteiger partial charge in [-0.15, -0.1) is 0 Å². The third-order valence-electron chi connectivity index (χ3n) is 7.66. The summed E-state index contributed by atoms with van der Waals surface area (Å²) in [4.78, 5) is 16.3. The number of anilines is 2. The number of rotatable bonds is 10. The second-order valence-electron chi connectivity index (χ2n) is 10.4. The molecule has 1 saturated heterocycles. The largest absolute Gasteiger partial charge is 0.379 e. The van der Waals surface area contributed by atoms with Gasteiger partial charge in [-0.25, -0.2) is 12.8 Å². The van der Waals surface area contributed by atoms with Crippen LogP contribution in [0.1, 0.15) is 25.0 Å². The molecule has 5 rings (SSSR count). The molecule has 1 aliphatic rings. The van der Waals surface area contributed by atoms with Crippen LogP contribution in [0.4, 0.5) is 15.8 Å². The predicted molar refractivity (Wildman–Crippen MR) is 174 cm³/mol. The first-order chi connectivity index (χ1) is 21.3. The Morgan fingerprint density at radius 1 is 0.886 bits per heavy atom. The normalized spacial score (nSPS) is 14.3. The van der Waals surface area contributed by atoms with Crippen LogP contribution in [-0.4, -0.2) is 58.0 Å². The fourth-order valence-electron chi connectivity index (χ4n) is 5.22. The van der Waals surface area contributed by atoms with Gasteiger partial charge in [-0.1, -0.05) is 66.7 Å². The van der Waals surface area contributed by atoms with Crippen LogP contribution >= 0.6 is 0 Å². The molecular formula is C35H36FN3O4S. The van der Waals surface area contributed by atoms with Crippen LogP contribution in [0.2, 0.25) is 0 Å². The molecule has 44 heavy (non-hydrogen) atoms. The molecule has 0 aromatic heterocycles.